The van der Waals surface area contributed by atoms with Crippen LogP contribution in [0.25, 0.3) is 10.8 Å². The number of rotatable bonds is 0. The molecule has 14 heavy (non-hydrogen) atoms. The number of nitrogens with two attached hydrogens (primary N) is 1. The molecule has 0 aromatic heterocycles. The van der Waals surface area contributed by atoms with Gasteiger partial charge in [0.15, 0.2) is 0 Å². The lowest BCUT2D eigenvalue weighted by Gasteiger charge is -1.99. The summed E-state index contributed by atoms with van der Waals surface area (Å²) in [6, 6.07) is 13.2. The lowest BCUT2D eigenvalue weighted by molar-refractivity contribution is -0.676. The van der Waals surface area contributed by atoms with E-state index in [1.54, 1.807) is 0 Å². The van der Waals surface area contributed by atoms with E-state index in [4.69, 9.17) is 0 Å². The second kappa shape index (κ2) is 3.60. The molecule has 0 aliphatic carbocycles. The van der Waals surface area contributed by atoms with E-state index in [0.717, 1.165) is 13.1 Å². The van der Waals surface area contributed by atoms with E-state index in [1.165, 1.54) is 21.9 Å². The van der Waals surface area contributed by atoms with Gasteiger partial charge in [-0.15, -0.1) is 0 Å². The van der Waals surface area contributed by atoms with Crippen molar-refractivity contribution in [3.63, 3.8) is 0 Å². The van der Waals surface area contributed by atoms with Gasteiger partial charge in [-0.25, -0.2) is 0 Å². The molecule has 3 rings (SSSR count). The lowest BCUT2D eigenvalue weighted by atomic mass is 10.0. The smallest absolute Gasteiger partial charge is 0.102 e. The highest BCUT2D eigenvalue weighted by atomic mass is 35.5. The summed E-state index contributed by atoms with van der Waals surface area (Å²) in [5.41, 5.74) is 3.03. The van der Waals surface area contributed by atoms with E-state index in [0.29, 0.717) is 0 Å². The molecule has 0 radical (unpaired) electrons. The normalized spacial score (nSPS) is 13.7. The Balaban J connectivity index is 0.000000750. The van der Waals surface area contributed by atoms with E-state index < -0.39 is 0 Å². The predicted molar refractivity (Wildman–Crippen MR) is 53.3 cm³/mol. The Bertz CT molecular complexity index is 422. The summed E-state index contributed by atoms with van der Waals surface area (Å²) in [6.45, 7) is 2.31. The lowest BCUT2D eigenvalue weighted by Crippen LogP contribution is -3.00. The van der Waals surface area contributed by atoms with Crippen LogP contribution < -0.4 is 17.7 Å². The molecule has 0 atom stereocenters. The van der Waals surface area contributed by atoms with E-state index >= 15 is 0 Å². The van der Waals surface area contributed by atoms with E-state index in [2.05, 4.69) is 41.7 Å². The summed E-state index contributed by atoms with van der Waals surface area (Å²) >= 11 is 0. The number of hydrogen-bond donors (Lipinski definition) is 1. The van der Waals surface area contributed by atoms with Gasteiger partial charge >= 0.3 is 0 Å². The van der Waals surface area contributed by atoms with Crippen molar-refractivity contribution in [2.75, 3.05) is 0 Å². The number of fused-ring (bicyclic) bond motifs is 2. The van der Waals surface area contributed by atoms with Gasteiger partial charge < -0.3 is 17.7 Å². The monoisotopic (exact) mass is 205 g/mol. The van der Waals surface area contributed by atoms with Crippen molar-refractivity contribution in [2.24, 2.45) is 0 Å². The van der Waals surface area contributed by atoms with Crippen LogP contribution in [0.15, 0.2) is 36.4 Å². The Morgan fingerprint density at radius 1 is 0.857 bits per heavy atom. The van der Waals surface area contributed by atoms with Crippen molar-refractivity contribution in [3.8, 4) is 0 Å². The van der Waals surface area contributed by atoms with Gasteiger partial charge in [-0.1, -0.05) is 24.3 Å². The van der Waals surface area contributed by atoms with Gasteiger partial charge in [-0.05, 0) is 22.9 Å². The molecule has 0 fully saturated rings. The average Bonchev–Trinajstić information content (AvgIpc) is 2.61. The van der Waals surface area contributed by atoms with Gasteiger partial charge in [0, 0.05) is 11.1 Å². The second-order valence-corrected chi connectivity index (χ2v) is 3.66. The molecule has 2 N–H and O–H groups in total. The molecule has 1 heterocycles. The summed E-state index contributed by atoms with van der Waals surface area (Å²) in [5.74, 6) is 0. The van der Waals surface area contributed by atoms with Gasteiger partial charge in [-0.3, -0.25) is 0 Å². The molecule has 0 saturated heterocycles. The highest BCUT2D eigenvalue weighted by Crippen LogP contribution is 2.20. The van der Waals surface area contributed by atoms with E-state index in [1.807, 2.05) is 0 Å². The van der Waals surface area contributed by atoms with Gasteiger partial charge in [0.05, 0.1) is 0 Å². The van der Waals surface area contributed by atoms with Gasteiger partial charge in [0.25, 0.3) is 0 Å². The molecular weight excluding hydrogens is 194 g/mol. The zero-order valence-corrected chi connectivity index (χ0v) is 8.59. The van der Waals surface area contributed by atoms with Crippen LogP contribution in [-0.4, -0.2) is 0 Å². The third-order valence-corrected chi connectivity index (χ3v) is 2.80. The minimum Gasteiger partial charge on any atom is -1.00 e. The van der Waals surface area contributed by atoms with E-state index in [-0.39, 0.29) is 12.4 Å². The van der Waals surface area contributed by atoms with Crippen molar-refractivity contribution < 1.29 is 17.7 Å². The summed E-state index contributed by atoms with van der Waals surface area (Å²) in [5, 5.41) is 5.09. The molecule has 1 nitrogen and oxygen atoms in total. The Morgan fingerprint density at radius 3 is 1.86 bits per heavy atom. The molecule has 0 bridgehead atoms. The highest BCUT2D eigenvalue weighted by Gasteiger charge is 2.13. The molecular formula is C12H12ClN. The standard InChI is InChI=1S/C12H11N.ClH/c1-2-4-10-6-12-8-13-7-11(12)5-9(10)3-1;/h1-6,13H,7-8H2;1H. The fourth-order valence-corrected chi connectivity index (χ4v) is 2.10. The largest absolute Gasteiger partial charge is 1.00 e. The fourth-order valence-electron chi connectivity index (χ4n) is 2.10. The van der Waals surface area contributed by atoms with Gasteiger partial charge in [-0.2, -0.15) is 0 Å². The zero-order valence-electron chi connectivity index (χ0n) is 7.83. The molecule has 0 saturated carbocycles. The maximum absolute atomic E-state index is 2.35. The van der Waals surface area contributed by atoms with Crippen LogP contribution in [0.5, 0.6) is 0 Å². The Labute approximate surface area is 89.5 Å². The first-order chi connectivity index (χ1) is 6.43. The first-order valence-electron chi connectivity index (χ1n) is 4.76. The van der Waals surface area contributed by atoms with Crippen LogP contribution in [0.1, 0.15) is 11.1 Å². The molecule has 0 amide bonds. The molecule has 2 aromatic rings. The molecule has 0 spiro atoms. The van der Waals surface area contributed by atoms with Crippen molar-refractivity contribution in [1.82, 2.24) is 0 Å². The number of benzene rings is 2. The van der Waals surface area contributed by atoms with Crippen molar-refractivity contribution >= 4 is 10.8 Å². The van der Waals surface area contributed by atoms with Crippen LogP contribution in [0, 0.1) is 0 Å². The summed E-state index contributed by atoms with van der Waals surface area (Å²) in [7, 11) is 0. The minimum atomic E-state index is 0. The van der Waals surface area contributed by atoms with Crippen LogP contribution in [-0.2, 0) is 13.1 Å². The Morgan fingerprint density at radius 2 is 1.36 bits per heavy atom. The van der Waals surface area contributed by atoms with Crippen molar-refractivity contribution in [1.29, 1.82) is 0 Å². The molecule has 1 aliphatic heterocycles. The summed E-state index contributed by atoms with van der Waals surface area (Å²) in [6.07, 6.45) is 0. The maximum Gasteiger partial charge on any atom is 0.102 e. The third kappa shape index (κ3) is 1.39. The van der Waals surface area contributed by atoms with Gasteiger partial charge in [0.1, 0.15) is 13.1 Å². The first-order valence-corrected chi connectivity index (χ1v) is 4.76. The maximum atomic E-state index is 2.35. The summed E-state index contributed by atoms with van der Waals surface area (Å²) < 4.78 is 0. The predicted octanol–water partition coefficient (Wildman–Crippen LogP) is -1.58. The van der Waals surface area contributed by atoms with Gasteiger partial charge in [0.2, 0.25) is 0 Å². The SMILES string of the molecule is [Cl-].c1ccc2cc3c(cc2c1)C[NH2+]C3. The molecule has 1 aliphatic rings. The summed E-state index contributed by atoms with van der Waals surface area (Å²) in [4.78, 5) is 0. The van der Waals surface area contributed by atoms with E-state index in [9.17, 15) is 0 Å². The zero-order chi connectivity index (χ0) is 8.67. The Kier molecular flexibility index (Phi) is 2.44. The third-order valence-electron chi connectivity index (χ3n) is 2.80. The van der Waals surface area contributed by atoms with Crippen molar-refractivity contribution in [2.45, 2.75) is 13.1 Å². The van der Waals surface area contributed by atoms with Crippen LogP contribution in [0.3, 0.4) is 0 Å². The second-order valence-electron chi connectivity index (χ2n) is 3.66. The average molecular weight is 206 g/mol. The number of hydrogen-bond acceptors (Lipinski definition) is 0. The molecule has 0 unspecified atom stereocenters. The molecule has 72 valence electrons. The van der Waals surface area contributed by atoms with Crippen LogP contribution in [0.4, 0.5) is 0 Å². The minimum absolute atomic E-state index is 0. The van der Waals surface area contributed by atoms with Crippen LogP contribution in [0.2, 0.25) is 0 Å². The Hall–Kier alpha value is -1.05. The fraction of sp³-hybridized carbons (Fsp3) is 0.167. The van der Waals surface area contributed by atoms with Crippen LogP contribution >= 0.6 is 0 Å². The highest BCUT2D eigenvalue weighted by molar-refractivity contribution is 5.84. The number of quaternary nitrogens is 1. The molecule has 2 aromatic carbocycles. The molecule has 2 heteroatoms. The number of halogens is 1. The quantitative estimate of drug-likeness (QED) is 0.535. The first kappa shape index (κ1) is 9.50. The topological polar surface area (TPSA) is 16.6 Å². The van der Waals surface area contributed by atoms with Crippen molar-refractivity contribution in [3.05, 3.63) is 47.5 Å².